The highest BCUT2D eigenvalue weighted by atomic mass is 16.5. The average molecular weight is 458 g/mol. The summed E-state index contributed by atoms with van der Waals surface area (Å²) in [5.41, 5.74) is 6.03. The van der Waals surface area contributed by atoms with E-state index in [2.05, 4.69) is 57.7 Å². The van der Waals surface area contributed by atoms with E-state index < -0.39 is 0 Å². The zero-order valence-corrected chi connectivity index (χ0v) is 21.2. The fourth-order valence-electron chi connectivity index (χ4n) is 6.41. The number of aromatic nitrogens is 2. The van der Waals surface area contributed by atoms with Gasteiger partial charge in [-0.05, 0) is 91.5 Å². The van der Waals surface area contributed by atoms with Gasteiger partial charge in [0, 0.05) is 18.2 Å². The first-order valence-corrected chi connectivity index (χ1v) is 12.2. The number of likely N-dealkylation sites (tertiary alicyclic amines) is 1. The Bertz CT molecular complexity index is 1240. The molecule has 3 aromatic rings. The molecular weight excluding hydrogens is 422 g/mol. The molecule has 5 heteroatoms. The summed E-state index contributed by atoms with van der Waals surface area (Å²) in [5, 5.41) is 4.96. The van der Waals surface area contributed by atoms with Crippen LogP contribution >= 0.6 is 0 Å². The molecule has 0 N–H and O–H groups in total. The van der Waals surface area contributed by atoms with Crippen LogP contribution in [0.3, 0.4) is 0 Å². The molecule has 1 aromatic heterocycles. The topological polar surface area (TPSA) is 47.4 Å². The first kappa shape index (κ1) is 22.7. The monoisotopic (exact) mass is 457 g/mol. The van der Waals surface area contributed by atoms with Crippen LogP contribution in [-0.4, -0.2) is 40.3 Å². The van der Waals surface area contributed by atoms with Gasteiger partial charge in [-0.15, -0.1) is 0 Å². The van der Waals surface area contributed by atoms with Gasteiger partial charge in [-0.2, -0.15) is 5.10 Å². The predicted molar refractivity (Wildman–Crippen MR) is 136 cm³/mol. The Kier molecular flexibility index (Phi) is 5.34. The SMILES string of the molecule is COc1ccc(-c2cc(C(=O)N3CC4(C)CC3CC(C)(C)C4)n(-c3cc(C)ccc3C)n2)cc1. The van der Waals surface area contributed by atoms with E-state index in [9.17, 15) is 4.79 Å². The van der Waals surface area contributed by atoms with Crippen LogP contribution in [0.15, 0.2) is 48.5 Å². The molecule has 0 spiro atoms. The number of benzene rings is 2. The largest absolute Gasteiger partial charge is 0.497 e. The van der Waals surface area contributed by atoms with E-state index >= 15 is 0 Å². The minimum Gasteiger partial charge on any atom is -0.497 e. The van der Waals surface area contributed by atoms with Gasteiger partial charge >= 0.3 is 0 Å². The van der Waals surface area contributed by atoms with E-state index in [1.165, 1.54) is 0 Å². The van der Waals surface area contributed by atoms with Crippen LogP contribution in [0.5, 0.6) is 5.75 Å². The summed E-state index contributed by atoms with van der Waals surface area (Å²) >= 11 is 0. The van der Waals surface area contributed by atoms with E-state index in [4.69, 9.17) is 9.84 Å². The number of nitrogens with zero attached hydrogens (tertiary/aromatic N) is 3. The van der Waals surface area contributed by atoms with Crippen LogP contribution < -0.4 is 4.74 Å². The van der Waals surface area contributed by atoms with Crippen molar-refractivity contribution in [3.8, 4) is 22.7 Å². The van der Waals surface area contributed by atoms with Crippen molar-refractivity contribution in [1.82, 2.24) is 14.7 Å². The van der Waals surface area contributed by atoms with Crippen molar-refractivity contribution in [2.75, 3.05) is 13.7 Å². The summed E-state index contributed by atoms with van der Waals surface area (Å²) in [5.74, 6) is 0.883. The normalized spacial score (nSPS) is 23.2. The van der Waals surface area contributed by atoms with E-state index in [1.807, 2.05) is 35.0 Å². The number of aryl methyl sites for hydroxylation is 2. The van der Waals surface area contributed by atoms with Crippen molar-refractivity contribution in [3.05, 3.63) is 65.4 Å². The maximum atomic E-state index is 14.1. The van der Waals surface area contributed by atoms with Gasteiger partial charge in [-0.25, -0.2) is 4.68 Å². The minimum absolute atomic E-state index is 0.0830. The van der Waals surface area contributed by atoms with Crippen molar-refractivity contribution in [3.63, 3.8) is 0 Å². The second-order valence-electron chi connectivity index (χ2n) is 11.5. The van der Waals surface area contributed by atoms with Crippen LogP contribution in [0.25, 0.3) is 16.9 Å². The maximum Gasteiger partial charge on any atom is 0.272 e. The molecule has 2 aromatic carbocycles. The van der Waals surface area contributed by atoms with Gasteiger partial charge in [0.1, 0.15) is 11.4 Å². The van der Waals surface area contributed by atoms with Crippen LogP contribution in [0.4, 0.5) is 0 Å². The average Bonchev–Trinajstić information content (AvgIpc) is 3.33. The van der Waals surface area contributed by atoms with Gasteiger partial charge in [-0.1, -0.05) is 32.9 Å². The van der Waals surface area contributed by atoms with Gasteiger partial charge in [0.15, 0.2) is 0 Å². The lowest BCUT2D eigenvalue weighted by Crippen LogP contribution is -2.38. The molecule has 1 aliphatic carbocycles. The Hall–Kier alpha value is -3.08. The van der Waals surface area contributed by atoms with Crippen LogP contribution in [0, 0.1) is 24.7 Å². The van der Waals surface area contributed by atoms with Crippen molar-refractivity contribution in [2.45, 2.75) is 59.9 Å². The summed E-state index contributed by atoms with van der Waals surface area (Å²) in [6, 6.07) is 16.4. The Morgan fingerprint density at radius 2 is 1.76 bits per heavy atom. The molecule has 2 fully saturated rings. The molecule has 34 heavy (non-hydrogen) atoms. The maximum absolute atomic E-state index is 14.1. The molecule has 2 aliphatic rings. The van der Waals surface area contributed by atoms with Crippen molar-refractivity contribution in [1.29, 1.82) is 0 Å². The quantitative estimate of drug-likeness (QED) is 0.468. The fourth-order valence-corrected chi connectivity index (χ4v) is 6.41. The molecule has 2 unspecified atom stereocenters. The number of methoxy groups -OCH3 is 1. The summed E-state index contributed by atoms with van der Waals surface area (Å²) in [4.78, 5) is 16.3. The highest BCUT2D eigenvalue weighted by Crippen LogP contribution is 2.52. The molecule has 178 valence electrons. The number of rotatable bonds is 4. The lowest BCUT2D eigenvalue weighted by molar-refractivity contribution is 0.0699. The molecule has 1 amide bonds. The first-order valence-electron chi connectivity index (χ1n) is 12.2. The Morgan fingerprint density at radius 1 is 1.03 bits per heavy atom. The fraction of sp³-hybridized carbons (Fsp3) is 0.448. The molecule has 2 heterocycles. The lowest BCUT2D eigenvalue weighted by Gasteiger charge is -2.39. The Morgan fingerprint density at radius 3 is 2.47 bits per heavy atom. The predicted octanol–water partition coefficient (Wildman–Crippen LogP) is 6.21. The van der Waals surface area contributed by atoms with Gasteiger partial charge in [-0.3, -0.25) is 4.79 Å². The molecule has 2 bridgehead atoms. The molecule has 1 saturated carbocycles. The molecule has 5 rings (SSSR count). The molecule has 1 saturated heterocycles. The number of hydrogen-bond acceptors (Lipinski definition) is 3. The second kappa shape index (κ2) is 8.00. The summed E-state index contributed by atoms with van der Waals surface area (Å²) in [6.45, 7) is 12.0. The zero-order valence-electron chi connectivity index (χ0n) is 21.2. The summed E-state index contributed by atoms with van der Waals surface area (Å²) in [7, 11) is 1.66. The van der Waals surface area contributed by atoms with E-state index in [0.717, 1.165) is 59.6 Å². The smallest absolute Gasteiger partial charge is 0.272 e. The van der Waals surface area contributed by atoms with Crippen molar-refractivity contribution in [2.24, 2.45) is 10.8 Å². The van der Waals surface area contributed by atoms with Gasteiger partial charge in [0.05, 0.1) is 18.5 Å². The van der Waals surface area contributed by atoms with Gasteiger partial charge in [0.2, 0.25) is 0 Å². The number of carbonyl (C=O) groups excluding carboxylic acids is 1. The number of ether oxygens (including phenoxy) is 1. The van der Waals surface area contributed by atoms with Crippen LogP contribution in [0.2, 0.25) is 0 Å². The molecular formula is C29H35N3O2. The summed E-state index contributed by atoms with van der Waals surface area (Å²) in [6.07, 6.45) is 3.30. The number of hydrogen-bond donors (Lipinski definition) is 0. The molecule has 5 nitrogen and oxygen atoms in total. The van der Waals surface area contributed by atoms with E-state index in [1.54, 1.807) is 7.11 Å². The number of carbonyl (C=O) groups is 1. The van der Waals surface area contributed by atoms with E-state index in [0.29, 0.717) is 5.69 Å². The minimum atomic E-state index is 0.0830. The third-order valence-electron chi connectivity index (χ3n) is 7.58. The number of amides is 1. The Labute approximate surface area is 202 Å². The molecule has 2 atom stereocenters. The highest BCUT2D eigenvalue weighted by molar-refractivity contribution is 5.95. The first-order chi connectivity index (χ1) is 16.1. The second-order valence-corrected chi connectivity index (χ2v) is 11.5. The van der Waals surface area contributed by atoms with Gasteiger partial charge in [0.25, 0.3) is 5.91 Å². The zero-order chi connectivity index (χ0) is 24.3. The van der Waals surface area contributed by atoms with Crippen LogP contribution in [0.1, 0.15) is 61.6 Å². The third kappa shape index (κ3) is 4.02. The van der Waals surface area contributed by atoms with Gasteiger partial charge < -0.3 is 9.64 Å². The third-order valence-corrected chi connectivity index (χ3v) is 7.58. The van der Waals surface area contributed by atoms with Crippen molar-refractivity contribution >= 4 is 5.91 Å². The van der Waals surface area contributed by atoms with Crippen LogP contribution in [-0.2, 0) is 0 Å². The highest BCUT2D eigenvalue weighted by Gasteiger charge is 2.51. The Balaban J connectivity index is 1.60. The lowest BCUT2D eigenvalue weighted by atomic mass is 9.65. The van der Waals surface area contributed by atoms with E-state index in [-0.39, 0.29) is 22.8 Å². The number of fused-ring (bicyclic) bond motifs is 2. The summed E-state index contributed by atoms with van der Waals surface area (Å²) < 4.78 is 7.18. The van der Waals surface area contributed by atoms with Crippen molar-refractivity contribution < 1.29 is 9.53 Å². The molecule has 1 aliphatic heterocycles. The molecule has 0 radical (unpaired) electrons. The standard InChI is InChI=1S/C29H35N3O2/c1-19-7-8-20(2)25(13-19)32-26(14-24(30-32)21-9-11-23(34-6)12-10-21)27(33)31-18-29(5)16-22(31)15-28(3,4)17-29/h7-14,22H,15-18H2,1-6H3.